The molecule has 0 saturated heterocycles. The van der Waals surface area contributed by atoms with Gasteiger partial charge in [0.1, 0.15) is 5.82 Å². The number of H-pyrrole nitrogens is 1. The van der Waals surface area contributed by atoms with Gasteiger partial charge < -0.3 is 4.98 Å². The molecule has 0 aliphatic rings. The van der Waals surface area contributed by atoms with E-state index in [0.717, 1.165) is 4.88 Å². The van der Waals surface area contributed by atoms with Crippen LogP contribution in [0.15, 0.2) is 54.9 Å². The zero-order valence-corrected chi connectivity index (χ0v) is 15.1. The quantitative estimate of drug-likeness (QED) is 0.383. The zero-order chi connectivity index (χ0) is 19.7. The first kappa shape index (κ1) is 17.8. The van der Waals surface area contributed by atoms with Gasteiger partial charge in [-0.2, -0.15) is 0 Å². The summed E-state index contributed by atoms with van der Waals surface area (Å²) >= 11 is 1.25. The first-order valence-corrected chi connectivity index (χ1v) is 9.08. The maximum atomic E-state index is 13.8. The van der Waals surface area contributed by atoms with E-state index in [2.05, 4.69) is 15.3 Å². The van der Waals surface area contributed by atoms with Gasteiger partial charge in [-0.1, -0.05) is 18.2 Å². The number of benzene rings is 2. The van der Waals surface area contributed by atoms with Gasteiger partial charge in [0.15, 0.2) is 5.13 Å². The molecule has 0 saturated carbocycles. The Morgan fingerprint density at radius 1 is 1.29 bits per heavy atom. The summed E-state index contributed by atoms with van der Waals surface area (Å²) in [6, 6.07) is 10.8. The average molecular weight is 396 g/mol. The number of rotatable bonds is 5. The molecule has 0 spiro atoms. The largest absolute Gasteiger partial charge is 0.360 e. The zero-order valence-electron chi connectivity index (χ0n) is 14.3. The van der Waals surface area contributed by atoms with Crippen LogP contribution >= 0.6 is 11.3 Å². The minimum atomic E-state index is -0.510. The van der Waals surface area contributed by atoms with Crippen molar-refractivity contribution in [3.63, 3.8) is 0 Å². The molecule has 2 aromatic carbocycles. The van der Waals surface area contributed by atoms with Gasteiger partial charge in [-0.05, 0) is 17.7 Å². The normalized spacial score (nSPS) is 10.9. The van der Waals surface area contributed by atoms with E-state index in [-0.39, 0.29) is 17.1 Å². The van der Waals surface area contributed by atoms with E-state index in [1.165, 1.54) is 35.7 Å². The number of halogens is 1. The summed E-state index contributed by atoms with van der Waals surface area (Å²) in [7, 11) is 0. The summed E-state index contributed by atoms with van der Waals surface area (Å²) in [5.41, 5.74) is 1.36. The molecule has 28 heavy (non-hydrogen) atoms. The molecule has 7 nitrogen and oxygen atoms in total. The fourth-order valence-corrected chi connectivity index (χ4v) is 3.68. The van der Waals surface area contributed by atoms with E-state index in [1.54, 1.807) is 30.5 Å². The molecule has 0 radical (unpaired) electrons. The predicted molar refractivity (Wildman–Crippen MR) is 104 cm³/mol. The Kier molecular flexibility index (Phi) is 4.58. The highest BCUT2D eigenvalue weighted by Gasteiger charge is 2.17. The van der Waals surface area contributed by atoms with E-state index in [4.69, 9.17) is 0 Å². The molecule has 0 aliphatic carbocycles. The Bertz CT molecular complexity index is 1200. The smallest absolute Gasteiger partial charge is 0.270 e. The second-order valence-corrected chi connectivity index (χ2v) is 7.16. The summed E-state index contributed by atoms with van der Waals surface area (Å²) < 4.78 is 13.8. The molecule has 2 aromatic heterocycles. The maximum absolute atomic E-state index is 13.8. The molecule has 0 atom stereocenters. The van der Waals surface area contributed by atoms with E-state index >= 15 is 0 Å². The minimum absolute atomic E-state index is 0.0948. The Labute approximate surface area is 162 Å². The Hall–Kier alpha value is -3.59. The van der Waals surface area contributed by atoms with Crippen molar-refractivity contribution >= 4 is 39.0 Å². The molecule has 0 aliphatic heterocycles. The number of carbonyl (C=O) groups excluding carboxylic acids is 1. The molecule has 2 N–H and O–H groups in total. The van der Waals surface area contributed by atoms with Crippen molar-refractivity contribution < 1.29 is 14.1 Å². The number of nitro benzene ring substituents is 1. The number of aromatic amines is 1. The molecule has 140 valence electrons. The third-order valence-corrected chi connectivity index (χ3v) is 5.13. The lowest BCUT2D eigenvalue weighted by Crippen LogP contribution is -2.11. The topological polar surface area (TPSA) is 101 Å². The number of nitro groups is 1. The lowest BCUT2D eigenvalue weighted by Gasteiger charge is -2.01. The number of nitrogens with zero attached hydrogens (tertiary/aromatic N) is 2. The van der Waals surface area contributed by atoms with Crippen LogP contribution in [0.1, 0.15) is 20.8 Å². The second-order valence-electron chi connectivity index (χ2n) is 6.04. The van der Waals surface area contributed by atoms with Gasteiger partial charge in [-0.25, -0.2) is 9.37 Å². The van der Waals surface area contributed by atoms with Crippen LogP contribution in [-0.2, 0) is 6.42 Å². The molecule has 4 aromatic rings. The van der Waals surface area contributed by atoms with Crippen molar-refractivity contribution in [3.05, 3.63) is 86.8 Å². The highest BCUT2D eigenvalue weighted by molar-refractivity contribution is 7.15. The van der Waals surface area contributed by atoms with Crippen LogP contribution in [-0.4, -0.2) is 20.8 Å². The monoisotopic (exact) mass is 396 g/mol. The van der Waals surface area contributed by atoms with Crippen LogP contribution in [0.2, 0.25) is 0 Å². The molecule has 9 heteroatoms. The third-order valence-electron chi connectivity index (χ3n) is 4.22. The van der Waals surface area contributed by atoms with Gasteiger partial charge in [0.2, 0.25) is 0 Å². The fraction of sp³-hybridized carbons (Fsp3) is 0.0526. The number of hydrogen-bond donors (Lipinski definition) is 2. The van der Waals surface area contributed by atoms with Crippen molar-refractivity contribution in [2.45, 2.75) is 6.42 Å². The highest BCUT2D eigenvalue weighted by atomic mass is 32.1. The third kappa shape index (κ3) is 3.47. The van der Waals surface area contributed by atoms with Gasteiger partial charge in [0, 0.05) is 46.7 Å². The lowest BCUT2D eigenvalue weighted by atomic mass is 10.1. The predicted octanol–water partition coefficient (Wildman–Crippen LogP) is 4.51. The molecule has 0 fully saturated rings. The van der Waals surface area contributed by atoms with Crippen LogP contribution in [0, 0.1) is 15.9 Å². The van der Waals surface area contributed by atoms with Crippen molar-refractivity contribution in [1.29, 1.82) is 0 Å². The summed E-state index contributed by atoms with van der Waals surface area (Å²) in [6.45, 7) is 0. The van der Waals surface area contributed by atoms with Crippen LogP contribution < -0.4 is 5.32 Å². The van der Waals surface area contributed by atoms with E-state index in [0.29, 0.717) is 28.0 Å². The summed E-state index contributed by atoms with van der Waals surface area (Å²) in [5, 5.41) is 14.5. The van der Waals surface area contributed by atoms with Crippen molar-refractivity contribution in [3.8, 4) is 0 Å². The van der Waals surface area contributed by atoms with Crippen LogP contribution in [0.3, 0.4) is 0 Å². The van der Waals surface area contributed by atoms with E-state index in [9.17, 15) is 19.3 Å². The first-order valence-electron chi connectivity index (χ1n) is 8.26. The molecular weight excluding hydrogens is 383 g/mol. The maximum Gasteiger partial charge on any atom is 0.270 e. The van der Waals surface area contributed by atoms with Crippen LogP contribution in [0.25, 0.3) is 10.9 Å². The van der Waals surface area contributed by atoms with Gasteiger partial charge in [0.05, 0.1) is 10.5 Å². The molecular formula is C19H13FN4O3S. The minimum Gasteiger partial charge on any atom is -0.360 e. The van der Waals surface area contributed by atoms with Crippen LogP contribution in [0.5, 0.6) is 0 Å². The summed E-state index contributed by atoms with van der Waals surface area (Å²) in [6.07, 6.45) is 3.46. The first-order chi connectivity index (χ1) is 13.5. The Morgan fingerprint density at radius 3 is 2.89 bits per heavy atom. The molecule has 1 amide bonds. The number of aromatic nitrogens is 2. The number of amides is 1. The van der Waals surface area contributed by atoms with Gasteiger partial charge >= 0.3 is 0 Å². The van der Waals surface area contributed by atoms with E-state index in [1.807, 2.05) is 0 Å². The van der Waals surface area contributed by atoms with Crippen molar-refractivity contribution in [2.24, 2.45) is 0 Å². The molecule has 0 unspecified atom stereocenters. The number of nitrogens with one attached hydrogen (secondary N) is 2. The Morgan fingerprint density at radius 2 is 2.11 bits per heavy atom. The number of hydrogen-bond acceptors (Lipinski definition) is 5. The average Bonchev–Trinajstić information content (AvgIpc) is 3.29. The van der Waals surface area contributed by atoms with Gasteiger partial charge in [-0.3, -0.25) is 20.2 Å². The molecule has 4 rings (SSSR count). The number of non-ortho nitro benzene ring substituents is 1. The Balaban J connectivity index is 1.54. The molecule has 0 bridgehead atoms. The summed E-state index contributed by atoms with van der Waals surface area (Å²) in [5.74, 6) is -0.722. The SMILES string of the molecule is O=C(Nc1ncc(Cc2ccccc2F)s1)c1c[nH]c2ccc([N+](=O)[O-])cc12. The highest BCUT2D eigenvalue weighted by Crippen LogP contribution is 2.26. The molecule has 2 heterocycles. The standard InChI is InChI=1S/C19H13FN4O3S/c20-16-4-2-1-3-11(16)7-13-9-22-19(28-13)23-18(25)15-10-21-17-6-5-12(24(26)27)8-14(15)17/h1-6,8-10,21H,7H2,(H,22,23,25). The van der Waals surface area contributed by atoms with Crippen molar-refractivity contribution in [1.82, 2.24) is 9.97 Å². The summed E-state index contributed by atoms with van der Waals surface area (Å²) in [4.78, 5) is 31.0. The van der Waals surface area contributed by atoms with Crippen LogP contribution in [0.4, 0.5) is 15.2 Å². The lowest BCUT2D eigenvalue weighted by molar-refractivity contribution is -0.384. The number of anilines is 1. The van der Waals surface area contributed by atoms with E-state index < -0.39 is 10.8 Å². The second kappa shape index (κ2) is 7.20. The fourth-order valence-electron chi connectivity index (χ4n) is 2.85. The number of carbonyl (C=O) groups is 1. The number of fused-ring (bicyclic) bond motifs is 1. The van der Waals surface area contributed by atoms with Gasteiger partial charge in [0.25, 0.3) is 11.6 Å². The van der Waals surface area contributed by atoms with Crippen molar-refractivity contribution in [2.75, 3.05) is 5.32 Å². The number of thiazole rings is 1. The van der Waals surface area contributed by atoms with Gasteiger partial charge in [-0.15, -0.1) is 11.3 Å².